The number of rotatable bonds is 3. The maximum atomic E-state index is 12.3. The summed E-state index contributed by atoms with van der Waals surface area (Å²) in [5, 5.41) is 8.50. The lowest BCUT2D eigenvalue weighted by molar-refractivity contribution is 0.555. The van der Waals surface area contributed by atoms with E-state index >= 15 is 0 Å². The molecule has 0 aromatic heterocycles. The van der Waals surface area contributed by atoms with Crippen molar-refractivity contribution < 1.29 is 16.8 Å². The first-order chi connectivity index (χ1) is 9.73. The minimum absolute atomic E-state index is 0.0557. The molecule has 9 heteroatoms. The van der Waals surface area contributed by atoms with Crippen LogP contribution < -0.4 is 4.72 Å². The van der Waals surface area contributed by atoms with Gasteiger partial charge in [-0.05, 0) is 31.0 Å². The van der Waals surface area contributed by atoms with Crippen molar-refractivity contribution in [3.8, 4) is 6.07 Å². The van der Waals surface area contributed by atoms with Crippen molar-refractivity contribution in [1.82, 2.24) is 0 Å². The van der Waals surface area contributed by atoms with E-state index in [9.17, 15) is 16.8 Å². The van der Waals surface area contributed by atoms with Crippen molar-refractivity contribution in [2.45, 2.75) is 18.1 Å². The first-order valence-electron chi connectivity index (χ1n) is 6.15. The lowest BCUT2D eigenvalue weighted by Gasteiger charge is -2.23. The Hall–Kier alpha value is -1.30. The maximum absolute atomic E-state index is 12.3. The third-order valence-corrected chi connectivity index (χ3v) is 7.10. The molecule has 0 amide bonds. The molecule has 1 aromatic carbocycles. The summed E-state index contributed by atoms with van der Waals surface area (Å²) < 4.78 is 49.6. The number of sulfonamides is 1. The van der Waals surface area contributed by atoms with Crippen LogP contribution in [0.25, 0.3) is 0 Å². The van der Waals surface area contributed by atoms with E-state index in [0.717, 1.165) is 0 Å². The SMILES string of the molecule is N#Cc1ccc(Cl)cc1NS(=O)(=O)C1CCS(=O)(=O)CC1. The number of nitriles is 1. The molecule has 1 saturated heterocycles. The summed E-state index contributed by atoms with van der Waals surface area (Å²) in [6.07, 6.45) is 0.111. The number of benzene rings is 1. The summed E-state index contributed by atoms with van der Waals surface area (Å²) in [4.78, 5) is 0. The number of sulfone groups is 1. The van der Waals surface area contributed by atoms with Gasteiger partial charge < -0.3 is 0 Å². The molecule has 1 aliphatic rings. The van der Waals surface area contributed by atoms with E-state index in [2.05, 4.69) is 4.72 Å². The Kier molecular flexibility index (Phi) is 4.46. The summed E-state index contributed by atoms with van der Waals surface area (Å²) >= 11 is 5.80. The number of hydrogen-bond acceptors (Lipinski definition) is 5. The van der Waals surface area contributed by atoms with Gasteiger partial charge in [-0.25, -0.2) is 16.8 Å². The lowest BCUT2D eigenvalue weighted by atomic mass is 10.2. The van der Waals surface area contributed by atoms with Crippen LogP contribution in [0.3, 0.4) is 0 Å². The fourth-order valence-corrected chi connectivity index (χ4v) is 5.57. The van der Waals surface area contributed by atoms with E-state index in [1.54, 1.807) is 0 Å². The smallest absolute Gasteiger partial charge is 0.235 e. The number of halogens is 1. The molecule has 1 heterocycles. The predicted octanol–water partition coefficient (Wildman–Crippen LogP) is 1.53. The fourth-order valence-electron chi connectivity index (χ4n) is 2.11. The van der Waals surface area contributed by atoms with Crippen molar-refractivity contribution in [2.75, 3.05) is 16.2 Å². The van der Waals surface area contributed by atoms with E-state index < -0.39 is 25.1 Å². The van der Waals surface area contributed by atoms with Crippen LogP contribution in [-0.2, 0) is 19.9 Å². The van der Waals surface area contributed by atoms with E-state index in [1.165, 1.54) is 18.2 Å². The normalized spacial score (nSPS) is 18.9. The monoisotopic (exact) mass is 348 g/mol. The molecule has 0 saturated carbocycles. The number of nitrogens with zero attached hydrogens (tertiary/aromatic N) is 1. The average molecular weight is 349 g/mol. The van der Waals surface area contributed by atoms with Crippen LogP contribution in [0.5, 0.6) is 0 Å². The second kappa shape index (κ2) is 5.83. The van der Waals surface area contributed by atoms with Gasteiger partial charge in [-0.15, -0.1) is 0 Å². The van der Waals surface area contributed by atoms with Gasteiger partial charge in [-0.2, -0.15) is 5.26 Å². The molecule has 21 heavy (non-hydrogen) atoms. The predicted molar refractivity (Wildman–Crippen MR) is 80.4 cm³/mol. The summed E-state index contributed by atoms with van der Waals surface area (Å²) in [7, 11) is -6.89. The van der Waals surface area contributed by atoms with Gasteiger partial charge in [0.25, 0.3) is 0 Å². The Balaban J connectivity index is 2.23. The zero-order chi connectivity index (χ0) is 15.7. The summed E-state index contributed by atoms with van der Waals surface area (Å²) in [6.45, 7) is 0. The molecule has 0 spiro atoms. The van der Waals surface area contributed by atoms with Crippen LogP contribution >= 0.6 is 11.6 Å². The molecule has 1 N–H and O–H groups in total. The largest absolute Gasteiger partial charge is 0.282 e. The van der Waals surface area contributed by atoms with Gasteiger partial charge in [-0.1, -0.05) is 11.6 Å². The molecule has 0 unspecified atom stereocenters. The number of nitrogens with one attached hydrogen (secondary N) is 1. The molecular formula is C12H13ClN2O4S2. The van der Waals surface area contributed by atoms with Crippen molar-refractivity contribution in [3.63, 3.8) is 0 Å². The van der Waals surface area contributed by atoms with E-state index in [-0.39, 0.29) is 35.6 Å². The molecule has 1 aliphatic heterocycles. The van der Waals surface area contributed by atoms with Crippen LogP contribution in [0.15, 0.2) is 18.2 Å². The molecule has 1 aromatic rings. The molecule has 6 nitrogen and oxygen atoms in total. The van der Waals surface area contributed by atoms with Gasteiger partial charge in [0.1, 0.15) is 15.9 Å². The average Bonchev–Trinajstić information content (AvgIpc) is 2.38. The van der Waals surface area contributed by atoms with Crippen LogP contribution in [0.4, 0.5) is 5.69 Å². The van der Waals surface area contributed by atoms with Gasteiger partial charge >= 0.3 is 0 Å². The first-order valence-corrected chi connectivity index (χ1v) is 9.90. The Morgan fingerprint density at radius 3 is 2.48 bits per heavy atom. The molecule has 1 fully saturated rings. The van der Waals surface area contributed by atoms with Crippen molar-refractivity contribution in [2.24, 2.45) is 0 Å². The molecule has 0 bridgehead atoms. The number of anilines is 1. The fraction of sp³-hybridized carbons (Fsp3) is 0.417. The Labute approximate surface area is 128 Å². The quantitative estimate of drug-likeness (QED) is 0.891. The highest BCUT2D eigenvalue weighted by atomic mass is 35.5. The third-order valence-electron chi connectivity index (χ3n) is 3.29. The Morgan fingerprint density at radius 2 is 1.90 bits per heavy atom. The number of hydrogen-bond donors (Lipinski definition) is 1. The molecule has 114 valence electrons. The van der Waals surface area contributed by atoms with Crippen LogP contribution in [0.1, 0.15) is 18.4 Å². The molecule has 0 aliphatic carbocycles. The Morgan fingerprint density at radius 1 is 1.29 bits per heavy atom. The molecule has 0 atom stereocenters. The first kappa shape index (κ1) is 16.1. The summed E-state index contributed by atoms with van der Waals surface area (Å²) in [5.74, 6) is -0.279. The van der Waals surface area contributed by atoms with E-state index in [4.69, 9.17) is 16.9 Å². The minimum atomic E-state index is -3.76. The summed E-state index contributed by atoms with van der Waals surface area (Å²) in [5.41, 5.74) is 0.268. The Bertz CT molecular complexity index is 783. The highest BCUT2D eigenvalue weighted by molar-refractivity contribution is 7.94. The third kappa shape index (κ3) is 3.87. The van der Waals surface area contributed by atoms with Crippen LogP contribution in [-0.4, -0.2) is 33.6 Å². The standard InChI is InChI=1S/C12H13ClN2O4S2/c13-10-2-1-9(8-14)12(7-10)15-21(18,19)11-3-5-20(16,17)6-4-11/h1-2,7,11,15H,3-6H2. The molecule has 0 radical (unpaired) electrons. The topological polar surface area (TPSA) is 104 Å². The van der Waals surface area contributed by atoms with Crippen molar-refractivity contribution in [1.29, 1.82) is 5.26 Å². The second-order valence-corrected chi connectivity index (χ2v) is 9.50. The van der Waals surface area contributed by atoms with Gasteiger partial charge in [0, 0.05) is 5.02 Å². The minimum Gasteiger partial charge on any atom is -0.282 e. The van der Waals surface area contributed by atoms with Crippen LogP contribution in [0, 0.1) is 11.3 Å². The highest BCUT2D eigenvalue weighted by Gasteiger charge is 2.33. The summed E-state index contributed by atoms with van der Waals surface area (Å²) in [6, 6.07) is 6.15. The van der Waals surface area contributed by atoms with Crippen LogP contribution in [0.2, 0.25) is 5.02 Å². The molecule has 2 rings (SSSR count). The maximum Gasteiger partial charge on any atom is 0.235 e. The zero-order valence-corrected chi connectivity index (χ0v) is 13.3. The van der Waals surface area contributed by atoms with Gasteiger partial charge in [0.05, 0.1) is 28.0 Å². The zero-order valence-electron chi connectivity index (χ0n) is 10.9. The van der Waals surface area contributed by atoms with E-state index in [1.807, 2.05) is 6.07 Å². The highest BCUT2D eigenvalue weighted by Crippen LogP contribution is 2.25. The molecular weight excluding hydrogens is 336 g/mol. The van der Waals surface area contributed by atoms with Gasteiger partial charge in [0.2, 0.25) is 10.0 Å². The van der Waals surface area contributed by atoms with Crippen molar-refractivity contribution >= 4 is 37.1 Å². The second-order valence-electron chi connectivity index (χ2n) is 4.80. The van der Waals surface area contributed by atoms with E-state index in [0.29, 0.717) is 5.02 Å². The lowest BCUT2D eigenvalue weighted by Crippen LogP contribution is -2.36. The van der Waals surface area contributed by atoms with Crippen molar-refractivity contribution in [3.05, 3.63) is 28.8 Å². The van der Waals surface area contributed by atoms with Gasteiger partial charge in [-0.3, -0.25) is 4.72 Å². The van der Waals surface area contributed by atoms with Gasteiger partial charge in [0.15, 0.2) is 0 Å².